The molecule has 0 aliphatic carbocycles. The summed E-state index contributed by atoms with van der Waals surface area (Å²) >= 11 is 0. The van der Waals surface area contributed by atoms with Crippen molar-refractivity contribution in [3.8, 4) is 0 Å². The van der Waals surface area contributed by atoms with E-state index in [-0.39, 0.29) is 12.5 Å². The molecule has 2 rings (SSSR count). The molecule has 1 fully saturated rings. The Labute approximate surface area is 124 Å². The van der Waals surface area contributed by atoms with Crippen molar-refractivity contribution in [2.75, 3.05) is 13.2 Å². The summed E-state index contributed by atoms with van der Waals surface area (Å²) in [6.45, 7) is 2.45. The molecular weight excluding hydrogens is 270 g/mol. The van der Waals surface area contributed by atoms with E-state index in [1.807, 2.05) is 19.1 Å². The molecule has 0 spiro atoms. The number of hydrogen-bond acceptors (Lipinski definition) is 3. The summed E-state index contributed by atoms with van der Waals surface area (Å²) in [4.78, 5) is 23.2. The van der Waals surface area contributed by atoms with E-state index in [9.17, 15) is 14.7 Å². The van der Waals surface area contributed by atoms with Crippen LogP contribution >= 0.6 is 0 Å². The molecule has 5 nitrogen and oxygen atoms in total. The Bertz CT molecular complexity index is 504. The first kappa shape index (κ1) is 15.5. The van der Waals surface area contributed by atoms with Gasteiger partial charge in [-0.1, -0.05) is 29.8 Å². The van der Waals surface area contributed by atoms with Gasteiger partial charge in [0, 0.05) is 19.4 Å². The number of carboxylic acids is 1. The van der Waals surface area contributed by atoms with E-state index in [1.54, 1.807) is 0 Å². The Morgan fingerprint density at radius 1 is 1.33 bits per heavy atom. The number of rotatable bonds is 6. The highest BCUT2D eigenvalue weighted by Crippen LogP contribution is 2.19. The number of amides is 1. The van der Waals surface area contributed by atoms with Crippen molar-refractivity contribution in [2.45, 2.75) is 38.1 Å². The van der Waals surface area contributed by atoms with Gasteiger partial charge in [-0.3, -0.25) is 4.79 Å². The molecule has 1 unspecified atom stereocenters. The largest absolute Gasteiger partial charge is 0.479 e. The minimum absolute atomic E-state index is 0.0477. The number of ether oxygens (including phenoxy) is 1. The Kier molecular flexibility index (Phi) is 4.96. The zero-order chi connectivity index (χ0) is 15.3. The Hall–Kier alpha value is -1.88. The van der Waals surface area contributed by atoms with Crippen molar-refractivity contribution in [1.82, 2.24) is 5.32 Å². The maximum Gasteiger partial charge on any atom is 0.331 e. The predicted molar refractivity (Wildman–Crippen MR) is 78.1 cm³/mol. The van der Waals surface area contributed by atoms with Gasteiger partial charge in [0.2, 0.25) is 5.91 Å². The van der Waals surface area contributed by atoms with Gasteiger partial charge in [0.1, 0.15) is 0 Å². The second kappa shape index (κ2) is 6.72. The van der Waals surface area contributed by atoms with Crippen molar-refractivity contribution < 1.29 is 19.4 Å². The van der Waals surface area contributed by atoms with E-state index >= 15 is 0 Å². The fraction of sp³-hybridized carbons (Fsp3) is 0.500. The Morgan fingerprint density at radius 2 is 2.05 bits per heavy atom. The molecule has 0 radical (unpaired) electrons. The summed E-state index contributed by atoms with van der Waals surface area (Å²) in [5.74, 6) is -1.25. The molecule has 1 heterocycles. The average Bonchev–Trinajstić information content (AvgIpc) is 2.91. The number of aliphatic carboxylic acids is 1. The molecule has 2 N–H and O–H groups in total. The molecule has 21 heavy (non-hydrogen) atoms. The first-order chi connectivity index (χ1) is 10.0. The van der Waals surface area contributed by atoms with Crippen LogP contribution < -0.4 is 5.32 Å². The van der Waals surface area contributed by atoms with E-state index < -0.39 is 11.5 Å². The molecule has 5 heteroatoms. The summed E-state index contributed by atoms with van der Waals surface area (Å²) in [5, 5.41) is 11.9. The highest BCUT2D eigenvalue weighted by molar-refractivity contribution is 5.87. The van der Waals surface area contributed by atoms with Crippen molar-refractivity contribution >= 4 is 11.9 Å². The van der Waals surface area contributed by atoms with Gasteiger partial charge in [-0.2, -0.15) is 0 Å². The lowest BCUT2D eigenvalue weighted by Crippen LogP contribution is -2.55. The first-order valence-electron chi connectivity index (χ1n) is 7.19. The number of carboxylic acid groups (broad SMARTS) is 1. The molecule has 1 aliphatic heterocycles. The quantitative estimate of drug-likeness (QED) is 0.836. The maximum atomic E-state index is 11.9. The molecule has 1 amide bonds. The molecule has 1 aliphatic rings. The summed E-state index contributed by atoms with van der Waals surface area (Å²) in [6.07, 6.45) is 2.16. The number of nitrogens with one attached hydrogen (secondary N) is 1. The van der Waals surface area contributed by atoms with Crippen LogP contribution in [0.25, 0.3) is 0 Å². The van der Waals surface area contributed by atoms with Gasteiger partial charge in [0.25, 0.3) is 0 Å². The van der Waals surface area contributed by atoms with E-state index in [0.29, 0.717) is 25.9 Å². The van der Waals surface area contributed by atoms with Crippen molar-refractivity contribution in [2.24, 2.45) is 0 Å². The van der Waals surface area contributed by atoms with Crippen LogP contribution in [0.1, 0.15) is 30.4 Å². The summed E-state index contributed by atoms with van der Waals surface area (Å²) < 4.78 is 5.11. The second-order valence-electron chi connectivity index (χ2n) is 5.58. The highest BCUT2D eigenvalue weighted by Gasteiger charge is 2.43. The van der Waals surface area contributed by atoms with Crippen LogP contribution in [0.5, 0.6) is 0 Å². The van der Waals surface area contributed by atoms with Crippen LogP contribution in [0.15, 0.2) is 24.3 Å². The minimum atomic E-state index is -1.24. The zero-order valence-corrected chi connectivity index (χ0v) is 12.2. The van der Waals surface area contributed by atoms with Crippen LogP contribution in [-0.4, -0.2) is 35.7 Å². The van der Waals surface area contributed by atoms with Crippen LogP contribution in [0.2, 0.25) is 0 Å². The molecule has 114 valence electrons. The maximum absolute atomic E-state index is 11.9. The van der Waals surface area contributed by atoms with E-state index in [1.165, 1.54) is 11.1 Å². The van der Waals surface area contributed by atoms with Gasteiger partial charge in [-0.05, 0) is 25.3 Å². The molecule has 1 atom stereocenters. The van der Waals surface area contributed by atoms with Crippen molar-refractivity contribution in [3.63, 3.8) is 0 Å². The van der Waals surface area contributed by atoms with E-state index in [2.05, 4.69) is 17.4 Å². The third kappa shape index (κ3) is 4.04. The third-order valence-corrected chi connectivity index (χ3v) is 3.80. The molecule has 0 saturated carbocycles. The molecule has 1 aromatic rings. The lowest BCUT2D eigenvalue weighted by atomic mass is 9.98. The summed E-state index contributed by atoms with van der Waals surface area (Å²) in [6, 6.07) is 8.20. The number of carbonyl (C=O) groups excluding carboxylic acids is 1. The Balaban J connectivity index is 1.79. The number of aryl methyl sites for hydroxylation is 2. The topological polar surface area (TPSA) is 75.6 Å². The fourth-order valence-electron chi connectivity index (χ4n) is 2.42. The van der Waals surface area contributed by atoms with Crippen molar-refractivity contribution in [1.29, 1.82) is 0 Å². The fourth-order valence-corrected chi connectivity index (χ4v) is 2.42. The average molecular weight is 291 g/mol. The van der Waals surface area contributed by atoms with Crippen molar-refractivity contribution in [3.05, 3.63) is 35.4 Å². The highest BCUT2D eigenvalue weighted by atomic mass is 16.5. The number of benzene rings is 1. The normalized spacial score (nSPS) is 21.2. The van der Waals surface area contributed by atoms with Gasteiger partial charge in [0.05, 0.1) is 6.61 Å². The molecule has 0 bridgehead atoms. The molecule has 1 saturated heterocycles. The molecule has 1 aromatic carbocycles. The second-order valence-corrected chi connectivity index (χ2v) is 5.58. The number of hydrogen-bond donors (Lipinski definition) is 2. The lowest BCUT2D eigenvalue weighted by Gasteiger charge is -2.23. The van der Waals surface area contributed by atoms with Gasteiger partial charge < -0.3 is 15.2 Å². The zero-order valence-electron chi connectivity index (χ0n) is 12.2. The minimum Gasteiger partial charge on any atom is -0.479 e. The van der Waals surface area contributed by atoms with Crippen LogP contribution in [0.3, 0.4) is 0 Å². The lowest BCUT2D eigenvalue weighted by molar-refractivity contribution is -0.147. The van der Waals surface area contributed by atoms with Crippen LogP contribution in [0, 0.1) is 6.92 Å². The SMILES string of the molecule is Cc1ccc(CCCC(=O)NC2(C(=O)O)CCOC2)cc1. The molecule has 0 aromatic heterocycles. The first-order valence-corrected chi connectivity index (χ1v) is 7.19. The third-order valence-electron chi connectivity index (χ3n) is 3.80. The van der Waals surface area contributed by atoms with E-state index in [4.69, 9.17) is 4.74 Å². The van der Waals surface area contributed by atoms with Gasteiger partial charge in [-0.15, -0.1) is 0 Å². The van der Waals surface area contributed by atoms with Crippen LogP contribution in [0.4, 0.5) is 0 Å². The smallest absolute Gasteiger partial charge is 0.331 e. The van der Waals surface area contributed by atoms with Gasteiger partial charge in [-0.25, -0.2) is 4.79 Å². The Morgan fingerprint density at radius 3 is 2.62 bits per heavy atom. The van der Waals surface area contributed by atoms with Crippen LogP contribution in [-0.2, 0) is 20.7 Å². The van der Waals surface area contributed by atoms with Gasteiger partial charge in [0.15, 0.2) is 5.54 Å². The summed E-state index contributed by atoms with van der Waals surface area (Å²) in [5.41, 5.74) is 1.16. The summed E-state index contributed by atoms with van der Waals surface area (Å²) in [7, 11) is 0. The predicted octanol–water partition coefficient (Wildman–Crippen LogP) is 1.68. The standard InChI is InChI=1S/C16H21NO4/c1-12-5-7-13(8-6-12)3-2-4-14(18)17-16(15(19)20)9-10-21-11-16/h5-8H,2-4,9-11H2,1H3,(H,17,18)(H,19,20). The monoisotopic (exact) mass is 291 g/mol. The molecular formula is C16H21NO4. The number of carbonyl (C=O) groups is 2. The van der Waals surface area contributed by atoms with E-state index in [0.717, 1.165) is 6.42 Å². The van der Waals surface area contributed by atoms with Gasteiger partial charge >= 0.3 is 5.97 Å².